The predicted molar refractivity (Wildman–Crippen MR) is 96.7 cm³/mol. The number of amides is 1. The first kappa shape index (κ1) is 19.1. The van der Waals surface area contributed by atoms with Crippen LogP contribution in [0.5, 0.6) is 0 Å². The summed E-state index contributed by atoms with van der Waals surface area (Å²) < 4.78 is 38.8. The van der Waals surface area contributed by atoms with Gasteiger partial charge in [-0.3, -0.25) is 9.89 Å². The number of thiazole rings is 1. The van der Waals surface area contributed by atoms with Crippen LogP contribution in [0.2, 0.25) is 0 Å². The number of H-pyrrole nitrogens is 1. The van der Waals surface area contributed by atoms with Crippen LogP contribution in [0, 0.1) is 13.8 Å². The first-order valence-electron chi connectivity index (χ1n) is 8.19. The maximum absolute atomic E-state index is 12.9. The Bertz CT molecular complexity index is 947. The summed E-state index contributed by atoms with van der Waals surface area (Å²) in [6.45, 7) is 3.53. The summed E-state index contributed by atoms with van der Waals surface area (Å²) >= 11 is 1.51. The van der Waals surface area contributed by atoms with Crippen LogP contribution in [0.1, 0.15) is 31.6 Å². The van der Waals surface area contributed by atoms with Gasteiger partial charge in [-0.05, 0) is 13.8 Å². The van der Waals surface area contributed by atoms with Gasteiger partial charge in [-0.25, -0.2) is 4.98 Å². The van der Waals surface area contributed by atoms with Gasteiger partial charge in [0.05, 0.1) is 16.3 Å². The van der Waals surface area contributed by atoms with E-state index in [1.807, 2.05) is 37.3 Å². The average Bonchev–Trinajstić information content (AvgIpc) is 3.18. The molecule has 5 nitrogen and oxygen atoms in total. The second kappa shape index (κ2) is 7.51. The first-order chi connectivity index (χ1) is 12.8. The Hall–Kier alpha value is -2.68. The minimum absolute atomic E-state index is 0.0799. The third kappa shape index (κ3) is 4.19. The highest BCUT2D eigenvalue weighted by Gasteiger charge is 2.39. The van der Waals surface area contributed by atoms with Crippen molar-refractivity contribution in [2.45, 2.75) is 26.4 Å². The van der Waals surface area contributed by atoms with Crippen LogP contribution >= 0.6 is 11.3 Å². The van der Waals surface area contributed by atoms with E-state index in [9.17, 15) is 18.0 Å². The molecule has 2 N–H and O–H groups in total. The fourth-order valence-corrected chi connectivity index (χ4v) is 3.66. The van der Waals surface area contributed by atoms with Gasteiger partial charge in [0.2, 0.25) is 0 Å². The molecule has 0 bridgehead atoms. The monoisotopic (exact) mass is 394 g/mol. The third-order valence-electron chi connectivity index (χ3n) is 3.96. The SMILES string of the molecule is Cc1[nH]nc(C(F)(F)F)c1C(=O)NCCc1nc(-c2ccccc2)c(C)s1. The van der Waals surface area contributed by atoms with Crippen LogP contribution in [-0.2, 0) is 12.6 Å². The van der Waals surface area contributed by atoms with E-state index in [4.69, 9.17) is 0 Å². The number of aromatic nitrogens is 3. The zero-order valence-electron chi connectivity index (χ0n) is 14.6. The molecule has 2 heterocycles. The van der Waals surface area contributed by atoms with Gasteiger partial charge in [-0.15, -0.1) is 11.3 Å². The summed E-state index contributed by atoms with van der Waals surface area (Å²) in [5.74, 6) is -0.801. The molecular weight excluding hydrogens is 377 g/mol. The van der Waals surface area contributed by atoms with E-state index >= 15 is 0 Å². The predicted octanol–water partition coefficient (Wildman–Crippen LogP) is 4.14. The number of alkyl halides is 3. The van der Waals surface area contributed by atoms with Gasteiger partial charge >= 0.3 is 6.18 Å². The zero-order valence-corrected chi connectivity index (χ0v) is 15.5. The number of hydrogen-bond donors (Lipinski definition) is 2. The number of carbonyl (C=O) groups excluding carboxylic acids is 1. The highest BCUT2D eigenvalue weighted by Crippen LogP contribution is 2.31. The molecule has 9 heteroatoms. The van der Waals surface area contributed by atoms with Crippen LogP contribution in [0.3, 0.4) is 0 Å². The number of rotatable bonds is 5. The summed E-state index contributed by atoms with van der Waals surface area (Å²) in [4.78, 5) is 17.8. The number of benzene rings is 1. The molecule has 0 unspecified atom stereocenters. The van der Waals surface area contributed by atoms with Gasteiger partial charge in [0.25, 0.3) is 5.91 Å². The van der Waals surface area contributed by atoms with Crippen molar-refractivity contribution in [3.63, 3.8) is 0 Å². The standard InChI is InChI=1S/C18H17F3N4OS/c1-10-14(16(25-24-10)18(19,20)21)17(26)22-9-8-13-23-15(11(2)27-13)12-6-4-3-5-7-12/h3-7H,8-9H2,1-2H3,(H,22,26)(H,24,25). The number of nitrogens with one attached hydrogen (secondary N) is 2. The molecule has 3 aromatic rings. The number of aryl methyl sites for hydroxylation is 2. The Morgan fingerprint density at radius 2 is 1.93 bits per heavy atom. The van der Waals surface area contributed by atoms with Crippen molar-refractivity contribution in [3.8, 4) is 11.3 Å². The lowest BCUT2D eigenvalue weighted by atomic mass is 10.1. The summed E-state index contributed by atoms with van der Waals surface area (Å²) in [6.07, 6.45) is -4.25. The molecule has 0 atom stereocenters. The smallest absolute Gasteiger partial charge is 0.351 e. The van der Waals surface area contributed by atoms with Gasteiger partial charge in [0.1, 0.15) is 0 Å². The molecule has 142 valence electrons. The first-order valence-corrected chi connectivity index (χ1v) is 9.01. The lowest BCUT2D eigenvalue weighted by Gasteiger charge is -2.07. The molecule has 0 spiro atoms. The fourth-order valence-electron chi connectivity index (χ4n) is 2.71. The van der Waals surface area contributed by atoms with Crippen molar-refractivity contribution >= 4 is 17.2 Å². The minimum atomic E-state index is -4.69. The van der Waals surface area contributed by atoms with Gasteiger partial charge in [0.15, 0.2) is 5.69 Å². The van der Waals surface area contributed by atoms with Crippen molar-refractivity contribution in [1.82, 2.24) is 20.5 Å². The largest absolute Gasteiger partial charge is 0.435 e. The van der Waals surface area contributed by atoms with E-state index in [1.165, 1.54) is 18.3 Å². The molecule has 0 aliphatic carbocycles. The Morgan fingerprint density at radius 3 is 2.59 bits per heavy atom. The number of nitrogens with zero attached hydrogens (tertiary/aromatic N) is 2. The Kier molecular flexibility index (Phi) is 5.31. The van der Waals surface area contributed by atoms with Crippen LogP contribution in [0.15, 0.2) is 30.3 Å². The number of halogens is 3. The molecule has 0 radical (unpaired) electrons. The van der Waals surface area contributed by atoms with Gasteiger partial charge < -0.3 is 5.32 Å². The normalized spacial score (nSPS) is 11.6. The van der Waals surface area contributed by atoms with E-state index in [0.29, 0.717) is 6.42 Å². The zero-order chi connectivity index (χ0) is 19.6. The van der Waals surface area contributed by atoms with Crippen molar-refractivity contribution in [1.29, 1.82) is 0 Å². The van der Waals surface area contributed by atoms with E-state index in [1.54, 1.807) is 0 Å². The highest BCUT2D eigenvalue weighted by molar-refractivity contribution is 7.12. The van der Waals surface area contributed by atoms with E-state index in [0.717, 1.165) is 21.1 Å². The molecule has 3 rings (SSSR count). The third-order valence-corrected chi connectivity index (χ3v) is 4.99. The Labute approximate surface area is 157 Å². The van der Waals surface area contributed by atoms with Crippen molar-refractivity contribution in [3.05, 3.63) is 57.2 Å². The Balaban J connectivity index is 1.66. The second-order valence-electron chi connectivity index (χ2n) is 5.95. The highest BCUT2D eigenvalue weighted by atomic mass is 32.1. The molecule has 0 saturated carbocycles. The molecule has 1 aromatic carbocycles. The van der Waals surface area contributed by atoms with Gasteiger partial charge in [0, 0.05) is 29.1 Å². The molecule has 0 aliphatic heterocycles. The van der Waals surface area contributed by atoms with Crippen LogP contribution in [0.25, 0.3) is 11.3 Å². The molecule has 0 saturated heterocycles. The summed E-state index contributed by atoms with van der Waals surface area (Å²) in [5, 5.41) is 8.76. The quantitative estimate of drug-likeness (QED) is 0.683. The van der Waals surface area contributed by atoms with Crippen molar-refractivity contribution < 1.29 is 18.0 Å². The van der Waals surface area contributed by atoms with E-state index in [2.05, 4.69) is 20.5 Å². The summed E-state index contributed by atoms with van der Waals surface area (Å²) in [7, 11) is 0. The van der Waals surface area contributed by atoms with Crippen molar-refractivity contribution in [2.24, 2.45) is 0 Å². The molecule has 27 heavy (non-hydrogen) atoms. The Morgan fingerprint density at radius 1 is 1.22 bits per heavy atom. The maximum Gasteiger partial charge on any atom is 0.435 e. The van der Waals surface area contributed by atoms with Crippen LogP contribution in [0.4, 0.5) is 13.2 Å². The van der Waals surface area contributed by atoms with Crippen molar-refractivity contribution in [2.75, 3.05) is 6.54 Å². The van der Waals surface area contributed by atoms with E-state index in [-0.39, 0.29) is 12.2 Å². The van der Waals surface area contributed by atoms with E-state index < -0.39 is 23.3 Å². The summed E-state index contributed by atoms with van der Waals surface area (Å²) in [5.41, 5.74) is 0.297. The minimum Gasteiger partial charge on any atom is -0.351 e. The average molecular weight is 394 g/mol. The van der Waals surface area contributed by atoms with Crippen LogP contribution < -0.4 is 5.32 Å². The molecule has 1 amide bonds. The topological polar surface area (TPSA) is 70.7 Å². The van der Waals surface area contributed by atoms with Crippen LogP contribution in [-0.4, -0.2) is 27.6 Å². The number of aromatic amines is 1. The lowest BCUT2D eigenvalue weighted by molar-refractivity contribution is -0.141. The number of carbonyl (C=O) groups is 1. The summed E-state index contributed by atoms with van der Waals surface area (Å²) in [6, 6.07) is 9.72. The van der Waals surface area contributed by atoms with Gasteiger partial charge in [-0.1, -0.05) is 30.3 Å². The fraction of sp³-hybridized carbons (Fsp3) is 0.278. The maximum atomic E-state index is 12.9. The lowest BCUT2D eigenvalue weighted by Crippen LogP contribution is -2.28. The molecule has 2 aromatic heterocycles. The van der Waals surface area contributed by atoms with Gasteiger partial charge in [-0.2, -0.15) is 18.3 Å². The second-order valence-corrected chi connectivity index (χ2v) is 7.24. The molecule has 0 aliphatic rings. The molecular formula is C18H17F3N4OS. The molecule has 0 fully saturated rings. The number of hydrogen-bond acceptors (Lipinski definition) is 4.